The number of aromatic nitrogens is 2. The number of hydrogen-bond acceptors (Lipinski definition) is 2. The van der Waals surface area contributed by atoms with E-state index < -0.39 is 0 Å². The summed E-state index contributed by atoms with van der Waals surface area (Å²) in [6.45, 7) is 2.15. The van der Waals surface area contributed by atoms with Crippen molar-refractivity contribution in [2.24, 2.45) is 0 Å². The summed E-state index contributed by atoms with van der Waals surface area (Å²) in [5.41, 5.74) is 2.07. The van der Waals surface area contributed by atoms with Crippen LogP contribution < -0.4 is 4.74 Å². The first-order valence-electron chi connectivity index (χ1n) is 4.58. The molecule has 0 atom stereocenters. The van der Waals surface area contributed by atoms with Gasteiger partial charge in [-0.05, 0) is 18.6 Å². The molecule has 0 saturated carbocycles. The lowest BCUT2D eigenvalue weighted by molar-refractivity contribution is 0.652. The zero-order valence-corrected chi connectivity index (χ0v) is 7.42. The number of ether oxygens (including phenoxy) is 1. The molecule has 2 aromatic rings. The molecule has 1 N–H and O–H groups in total. The average Bonchev–Trinajstić information content (AvgIpc) is 2.80. The Hall–Kier alpha value is -1.51. The van der Waals surface area contributed by atoms with Crippen LogP contribution in [0.2, 0.25) is 0 Å². The Bertz CT molecular complexity index is 473. The van der Waals surface area contributed by atoms with Gasteiger partial charge in [-0.2, -0.15) is 0 Å². The molecule has 1 aromatic carbocycles. The third-order valence-electron chi connectivity index (χ3n) is 2.28. The number of aromatic amines is 1. The second-order valence-electron chi connectivity index (χ2n) is 3.32. The number of aryl methyl sites for hydroxylation is 1. The van der Waals surface area contributed by atoms with Gasteiger partial charge in [0.05, 0.1) is 5.52 Å². The molecule has 2 heterocycles. The second-order valence-corrected chi connectivity index (χ2v) is 3.32. The standard InChI is InChI=1S/C10H10N2O/c1-2-3-8-11-6-4-5-7-10(13-7)9(6)12-8/h4-5H,2-3H2,1H3,(H,11,12). The van der Waals surface area contributed by atoms with Crippen LogP contribution in [0.15, 0.2) is 12.1 Å². The lowest BCUT2D eigenvalue weighted by Crippen LogP contribution is -1.83. The van der Waals surface area contributed by atoms with Gasteiger partial charge in [-0.15, -0.1) is 0 Å². The van der Waals surface area contributed by atoms with Gasteiger partial charge in [0, 0.05) is 6.42 Å². The molecule has 0 spiro atoms. The summed E-state index contributed by atoms with van der Waals surface area (Å²) in [7, 11) is 0. The second kappa shape index (κ2) is 2.25. The van der Waals surface area contributed by atoms with E-state index in [1.807, 2.05) is 12.1 Å². The fourth-order valence-corrected chi connectivity index (χ4v) is 1.60. The minimum atomic E-state index is 0.955. The average molecular weight is 174 g/mol. The van der Waals surface area contributed by atoms with Gasteiger partial charge < -0.3 is 9.72 Å². The number of H-pyrrole nitrogens is 1. The SMILES string of the molecule is CCCc1nc2c3c(ccc2[nH]1)O3. The first-order chi connectivity index (χ1) is 6.38. The van der Waals surface area contributed by atoms with Gasteiger partial charge in [0.1, 0.15) is 11.3 Å². The predicted molar refractivity (Wildman–Crippen MR) is 50.2 cm³/mol. The number of nitrogens with one attached hydrogen (secondary N) is 1. The lowest BCUT2D eigenvalue weighted by Gasteiger charge is -1.86. The fourth-order valence-electron chi connectivity index (χ4n) is 1.60. The first kappa shape index (κ1) is 6.95. The third-order valence-corrected chi connectivity index (χ3v) is 2.28. The zero-order valence-electron chi connectivity index (χ0n) is 7.42. The molecule has 0 fully saturated rings. The number of nitrogens with zero attached hydrogens (tertiary/aromatic N) is 1. The fraction of sp³-hybridized carbons (Fsp3) is 0.300. The predicted octanol–water partition coefficient (Wildman–Crippen LogP) is 2.62. The molecule has 13 heavy (non-hydrogen) atoms. The molecule has 0 bridgehead atoms. The monoisotopic (exact) mass is 174 g/mol. The van der Waals surface area contributed by atoms with Gasteiger partial charge in [0.2, 0.25) is 0 Å². The van der Waals surface area contributed by atoms with Gasteiger partial charge in [0.25, 0.3) is 0 Å². The number of imidazole rings is 1. The maximum Gasteiger partial charge on any atom is 0.197 e. The Morgan fingerprint density at radius 2 is 2.38 bits per heavy atom. The van der Waals surface area contributed by atoms with Gasteiger partial charge in [-0.25, -0.2) is 4.98 Å². The van der Waals surface area contributed by atoms with E-state index in [0.29, 0.717) is 0 Å². The van der Waals surface area contributed by atoms with Crippen molar-refractivity contribution in [3.63, 3.8) is 0 Å². The minimum absolute atomic E-state index is 0.955. The third kappa shape index (κ3) is 0.932. The van der Waals surface area contributed by atoms with Crippen molar-refractivity contribution in [1.29, 1.82) is 0 Å². The molecule has 0 aliphatic carbocycles. The Labute approximate surface area is 75.7 Å². The molecule has 0 radical (unpaired) electrons. The molecule has 0 saturated heterocycles. The van der Waals surface area contributed by atoms with Gasteiger partial charge in [0.15, 0.2) is 11.5 Å². The molecular weight excluding hydrogens is 164 g/mol. The molecule has 0 amide bonds. The molecule has 3 nitrogen and oxygen atoms in total. The van der Waals surface area contributed by atoms with Gasteiger partial charge >= 0.3 is 0 Å². The van der Waals surface area contributed by atoms with Crippen LogP contribution in [0.5, 0.6) is 11.5 Å². The Morgan fingerprint density at radius 3 is 3.23 bits per heavy atom. The summed E-state index contributed by atoms with van der Waals surface area (Å²) in [6, 6.07) is 4.00. The normalized spacial score (nSPS) is 12.7. The highest BCUT2D eigenvalue weighted by molar-refractivity contribution is 5.89. The molecule has 66 valence electrons. The van der Waals surface area contributed by atoms with E-state index in [1.54, 1.807) is 0 Å². The highest BCUT2D eigenvalue weighted by atomic mass is 16.6. The van der Waals surface area contributed by atoms with Crippen LogP contribution >= 0.6 is 0 Å². The van der Waals surface area contributed by atoms with Crippen molar-refractivity contribution in [2.45, 2.75) is 19.8 Å². The summed E-state index contributed by atoms with van der Waals surface area (Å²) >= 11 is 0. The molecule has 1 aromatic heterocycles. The molecule has 3 heteroatoms. The van der Waals surface area contributed by atoms with Gasteiger partial charge in [-0.1, -0.05) is 6.92 Å². The van der Waals surface area contributed by atoms with Crippen LogP contribution in [-0.2, 0) is 6.42 Å². The smallest absolute Gasteiger partial charge is 0.197 e. The summed E-state index contributed by atoms with van der Waals surface area (Å²) in [5, 5.41) is 0. The quantitative estimate of drug-likeness (QED) is 0.607. The summed E-state index contributed by atoms with van der Waals surface area (Å²) in [4.78, 5) is 7.75. The minimum Gasteiger partial charge on any atom is -0.447 e. The maximum absolute atomic E-state index is 5.26. The number of fused-ring (bicyclic) bond motifs is 3. The number of rotatable bonds is 2. The van der Waals surface area contributed by atoms with Crippen molar-refractivity contribution in [3.05, 3.63) is 18.0 Å². The van der Waals surface area contributed by atoms with E-state index >= 15 is 0 Å². The van der Waals surface area contributed by atoms with Crippen LogP contribution in [0.3, 0.4) is 0 Å². The summed E-state index contributed by atoms with van der Waals surface area (Å²) in [6.07, 6.45) is 2.12. The topological polar surface area (TPSA) is 41.2 Å². The number of hydrogen-bond donors (Lipinski definition) is 1. The molecular formula is C10H10N2O. The van der Waals surface area contributed by atoms with E-state index in [-0.39, 0.29) is 0 Å². The Kier molecular flexibility index (Phi) is 1.20. The highest BCUT2D eigenvalue weighted by Gasteiger charge is 2.25. The highest BCUT2D eigenvalue weighted by Crippen LogP contribution is 2.49. The van der Waals surface area contributed by atoms with Crippen molar-refractivity contribution < 1.29 is 4.74 Å². The van der Waals surface area contributed by atoms with Crippen molar-refractivity contribution in [2.75, 3.05) is 0 Å². The van der Waals surface area contributed by atoms with E-state index in [0.717, 1.165) is 41.2 Å². The summed E-state index contributed by atoms with van der Waals surface area (Å²) < 4.78 is 5.26. The molecule has 1 aliphatic rings. The van der Waals surface area contributed by atoms with Crippen molar-refractivity contribution >= 4 is 11.0 Å². The molecule has 1 aliphatic heterocycles. The van der Waals surface area contributed by atoms with Crippen LogP contribution in [0, 0.1) is 0 Å². The van der Waals surface area contributed by atoms with Crippen LogP contribution in [0.25, 0.3) is 11.0 Å². The van der Waals surface area contributed by atoms with Crippen LogP contribution in [0.1, 0.15) is 19.2 Å². The van der Waals surface area contributed by atoms with E-state index in [4.69, 9.17) is 4.74 Å². The summed E-state index contributed by atoms with van der Waals surface area (Å²) in [5.74, 6) is 2.99. The zero-order chi connectivity index (χ0) is 8.84. The van der Waals surface area contributed by atoms with Crippen molar-refractivity contribution in [3.8, 4) is 11.5 Å². The van der Waals surface area contributed by atoms with Gasteiger partial charge in [-0.3, -0.25) is 0 Å². The number of benzene rings is 1. The first-order valence-corrected chi connectivity index (χ1v) is 4.58. The Morgan fingerprint density at radius 1 is 1.46 bits per heavy atom. The van der Waals surface area contributed by atoms with E-state index in [1.165, 1.54) is 0 Å². The van der Waals surface area contributed by atoms with Crippen LogP contribution in [0.4, 0.5) is 0 Å². The van der Waals surface area contributed by atoms with Crippen LogP contribution in [-0.4, -0.2) is 9.97 Å². The lowest BCUT2D eigenvalue weighted by atomic mass is 10.3. The maximum atomic E-state index is 5.26. The van der Waals surface area contributed by atoms with E-state index in [9.17, 15) is 0 Å². The Balaban J connectivity index is 2.18. The van der Waals surface area contributed by atoms with Crippen molar-refractivity contribution in [1.82, 2.24) is 9.97 Å². The largest absolute Gasteiger partial charge is 0.447 e. The molecule has 0 unspecified atom stereocenters. The van der Waals surface area contributed by atoms with E-state index in [2.05, 4.69) is 16.9 Å². The molecule has 3 rings (SSSR count).